The molecule has 1 unspecified atom stereocenters. The van der Waals surface area contributed by atoms with E-state index in [0.717, 1.165) is 12.6 Å². The van der Waals surface area contributed by atoms with E-state index in [1.54, 1.807) is 4.90 Å². The fourth-order valence-electron chi connectivity index (χ4n) is 2.96. The number of anilines is 1. The number of carbonyl (C=O) groups is 1. The van der Waals surface area contributed by atoms with Gasteiger partial charge >= 0.3 is 12.2 Å². The average molecular weight is 347 g/mol. The lowest BCUT2D eigenvalue weighted by Crippen LogP contribution is -2.59. The third-order valence-corrected chi connectivity index (χ3v) is 4.25. The van der Waals surface area contributed by atoms with Crippen molar-refractivity contribution in [1.82, 2.24) is 9.80 Å². The van der Waals surface area contributed by atoms with Crippen LogP contribution < -0.4 is 5.32 Å². The van der Waals surface area contributed by atoms with Crippen LogP contribution in [0, 0.1) is 5.82 Å². The first-order chi connectivity index (χ1) is 11.3. The Labute approximate surface area is 136 Å². The standard InChI is InChI=1S/C15H17F4N3O2/c16-13-7-10(1-2-12(13)15(17,18)19)20-14(23)22-4-3-21-5-6-24-9-11(21)8-22/h1-2,7,11H,3-6,8-9H2,(H,20,23). The molecule has 0 aliphatic carbocycles. The summed E-state index contributed by atoms with van der Waals surface area (Å²) >= 11 is 0. The molecule has 0 bridgehead atoms. The largest absolute Gasteiger partial charge is 0.419 e. The molecule has 2 heterocycles. The number of rotatable bonds is 1. The van der Waals surface area contributed by atoms with E-state index in [2.05, 4.69) is 10.2 Å². The molecule has 3 rings (SSSR count). The van der Waals surface area contributed by atoms with Crippen LogP contribution in [0.15, 0.2) is 18.2 Å². The fourth-order valence-corrected chi connectivity index (χ4v) is 2.96. The van der Waals surface area contributed by atoms with Crippen molar-refractivity contribution in [3.05, 3.63) is 29.6 Å². The number of alkyl halides is 3. The van der Waals surface area contributed by atoms with Gasteiger partial charge in [-0.25, -0.2) is 9.18 Å². The van der Waals surface area contributed by atoms with Crippen molar-refractivity contribution in [2.24, 2.45) is 0 Å². The highest BCUT2D eigenvalue weighted by atomic mass is 19.4. The van der Waals surface area contributed by atoms with Gasteiger partial charge in [0.2, 0.25) is 0 Å². The van der Waals surface area contributed by atoms with E-state index >= 15 is 0 Å². The van der Waals surface area contributed by atoms with Crippen LogP contribution in [0.2, 0.25) is 0 Å². The van der Waals surface area contributed by atoms with Crippen LogP contribution in [0.5, 0.6) is 0 Å². The van der Waals surface area contributed by atoms with Crippen LogP contribution in [-0.4, -0.2) is 61.3 Å². The van der Waals surface area contributed by atoms with Gasteiger partial charge in [-0.15, -0.1) is 0 Å². The molecule has 0 aromatic heterocycles. The van der Waals surface area contributed by atoms with Gasteiger partial charge in [-0.05, 0) is 18.2 Å². The highest BCUT2D eigenvalue weighted by Crippen LogP contribution is 2.32. The van der Waals surface area contributed by atoms with E-state index in [1.807, 2.05) is 0 Å². The van der Waals surface area contributed by atoms with Gasteiger partial charge in [0, 0.05) is 31.9 Å². The lowest BCUT2D eigenvalue weighted by Gasteiger charge is -2.43. The Bertz CT molecular complexity index is 623. The number of morpholine rings is 1. The minimum absolute atomic E-state index is 0.00664. The molecule has 2 saturated heterocycles. The highest BCUT2D eigenvalue weighted by Gasteiger charge is 2.34. The predicted molar refractivity (Wildman–Crippen MR) is 78.2 cm³/mol. The summed E-state index contributed by atoms with van der Waals surface area (Å²) in [5, 5.41) is 2.45. The quantitative estimate of drug-likeness (QED) is 0.794. The summed E-state index contributed by atoms with van der Waals surface area (Å²) in [7, 11) is 0. The number of fused-ring (bicyclic) bond motifs is 1. The predicted octanol–water partition coefficient (Wildman–Crippen LogP) is 2.39. The van der Waals surface area contributed by atoms with Gasteiger partial charge in [-0.3, -0.25) is 4.90 Å². The van der Waals surface area contributed by atoms with Gasteiger partial charge in [0.05, 0.1) is 24.8 Å². The Balaban J connectivity index is 1.63. The van der Waals surface area contributed by atoms with Crippen LogP contribution >= 0.6 is 0 Å². The Morgan fingerprint density at radius 2 is 2.04 bits per heavy atom. The van der Waals surface area contributed by atoms with Crippen molar-refractivity contribution < 1.29 is 27.1 Å². The number of nitrogens with zero attached hydrogens (tertiary/aromatic N) is 2. The second kappa shape index (κ2) is 6.56. The zero-order valence-electron chi connectivity index (χ0n) is 12.8. The maximum absolute atomic E-state index is 13.6. The second-order valence-electron chi connectivity index (χ2n) is 5.83. The Morgan fingerprint density at radius 1 is 1.25 bits per heavy atom. The monoisotopic (exact) mass is 347 g/mol. The van der Waals surface area contributed by atoms with Gasteiger partial charge in [-0.2, -0.15) is 13.2 Å². The molecule has 132 valence electrons. The molecule has 0 saturated carbocycles. The number of piperazine rings is 1. The summed E-state index contributed by atoms with van der Waals surface area (Å²) in [6, 6.07) is 2.00. The lowest BCUT2D eigenvalue weighted by molar-refractivity contribution is -0.139. The third-order valence-electron chi connectivity index (χ3n) is 4.25. The summed E-state index contributed by atoms with van der Waals surface area (Å²) in [5.74, 6) is -1.41. The molecule has 0 radical (unpaired) electrons. The summed E-state index contributed by atoms with van der Waals surface area (Å²) < 4.78 is 56.6. The van der Waals surface area contributed by atoms with Crippen molar-refractivity contribution in [2.75, 3.05) is 44.7 Å². The zero-order valence-corrected chi connectivity index (χ0v) is 12.8. The number of hydrogen-bond acceptors (Lipinski definition) is 3. The number of urea groups is 1. The minimum Gasteiger partial charge on any atom is -0.378 e. The minimum atomic E-state index is -4.76. The van der Waals surface area contributed by atoms with Crippen LogP contribution in [0.4, 0.5) is 28.0 Å². The maximum atomic E-state index is 13.6. The van der Waals surface area contributed by atoms with E-state index in [4.69, 9.17) is 4.74 Å². The molecule has 5 nitrogen and oxygen atoms in total. The summed E-state index contributed by atoms with van der Waals surface area (Å²) in [4.78, 5) is 16.0. The van der Waals surface area contributed by atoms with Crippen LogP contribution in [0.3, 0.4) is 0 Å². The second-order valence-corrected chi connectivity index (χ2v) is 5.83. The highest BCUT2D eigenvalue weighted by molar-refractivity contribution is 5.89. The Kier molecular flexibility index (Phi) is 4.64. The first kappa shape index (κ1) is 17.0. The van der Waals surface area contributed by atoms with E-state index in [1.165, 1.54) is 0 Å². The molecular weight excluding hydrogens is 330 g/mol. The number of amides is 2. The lowest BCUT2D eigenvalue weighted by atomic mass is 10.1. The van der Waals surface area contributed by atoms with E-state index in [-0.39, 0.29) is 11.7 Å². The SMILES string of the molecule is O=C(Nc1ccc(C(F)(F)F)c(F)c1)N1CCN2CCOCC2C1. The number of carbonyl (C=O) groups excluding carboxylic acids is 1. The molecule has 0 spiro atoms. The molecule has 2 fully saturated rings. The Morgan fingerprint density at radius 3 is 2.75 bits per heavy atom. The summed E-state index contributed by atoms with van der Waals surface area (Å²) in [6.07, 6.45) is -4.76. The number of nitrogens with one attached hydrogen (secondary N) is 1. The number of hydrogen-bond donors (Lipinski definition) is 1. The molecule has 24 heavy (non-hydrogen) atoms. The molecule has 2 aliphatic heterocycles. The summed E-state index contributed by atoms with van der Waals surface area (Å²) in [6.45, 7) is 3.72. The molecule has 1 aromatic carbocycles. The first-order valence-corrected chi connectivity index (χ1v) is 7.59. The normalized spacial score (nSPS) is 22.2. The van der Waals surface area contributed by atoms with Gasteiger partial charge < -0.3 is 15.0 Å². The van der Waals surface area contributed by atoms with Crippen molar-refractivity contribution >= 4 is 11.7 Å². The number of ether oxygens (including phenoxy) is 1. The van der Waals surface area contributed by atoms with Crippen molar-refractivity contribution in [1.29, 1.82) is 0 Å². The molecule has 1 N–H and O–H groups in total. The fraction of sp³-hybridized carbons (Fsp3) is 0.533. The number of halogens is 4. The van der Waals surface area contributed by atoms with Crippen molar-refractivity contribution in [3.8, 4) is 0 Å². The van der Waals surface area contributed by atoms with Crippen molar-refractivity contribution in [2.45, 2.75) is 12.2 Å². The molecule has 2 amide bonds. The van der Waals surface area contributed by atoms with Gasteiger partial charge in [0.25, 0.3) is 0 Å². The van der Waals surface area contributed by atoms with Crippen molar-refractivity contribution in [3.63, 3.8) is 0 Å². The smallest absolute Gasteiger partial charge is 0.378 e. The van der Waals surface area contributed by atoms with E-state index < -0.39 is 23.6 Å². The van der Waals surface area contributed by atoms with Gasteiger partial charge in [0.1, 0.15) is 5.82 Å². The molecular formula is C15H17F4N3O2. The topological polar surface area (TPSA) is 44.8 Å². The summed E-state index contributed by atoms with van der Waals surface area (Å²) in [5.41, 5.74) is -1.36. The molecule has 9 heteroatoms. The van der Waals surface area contributed by atoms with Gasteiger partial charge in [0.15, 0.2) is 0 Å². The average Bonchev–Trinajstić information content (AvgIpc) is 2.53. The van der Waals surface area contributed by atoms with E-state index in [9.17, 15) is 22.4 Å². The molecule has 2 aliphatic rings. The first-order valence-electron chi connectivity index (χ1n) is 7.59. The number of benzene rings is 1. The van der Waals surface area contributed by atoms with Gasteiger partial charge in [-0.1, -0.05) is 0 Å². The van der Waals surface area contributed by atoms with Crippen LogP contribution in [-0.2, 0) is 10.9 Å². The Hall–Kier alpha value is -1.87. The maximum Gasteiger partial charge on any atom is 0.419 e. The molecule has 1 atom stereocenters. The zero-order chi connectivity index (χ0) is 17.3. The third kappa shape index (κ3) is 3.62. The van der Waals surface area contributed by atoms with Crippen LogP contribution in [0.25, 0.3) is 0 Å². The van der Waals surface area contributed by atoms with Crippen LogP contribution in [0.1, 0.15) is 5.56 Å². The molecule has 1 aromatic rings. The van der Waals surface area contributed by atoms with E-state index in [0.29, 0.717) is 45.0 Å².